The predicted octanol–water partition coefficient (Wildman–Crippen LogP) is 7.34. The van der Waals surface area contributed by atoms with E-state index in [1.54, 1.807) is 0 Å². The zero-order chi connectivity index (χ0) is 26.0. The predicted molar refractivity (Wildman–Crippen MR) is 156 cm³/mol. The largest absolute Gasteiger partial charge is 0.321 e. The maximum atomic E-state index is 6.59. The second-order valence-corrected chi connectivity index (χ2v) is 11.4. The van der Waals surface area contributed by atoms with Gasteiger partial charge in [0.1, 0.15) is 0 Å². The summed E-state index contributed by atoms with van der Waals surface area (Å²) in [6, 6.07) is 32.6. The molecule has 1 saturated carbocycles. The summed E-state index contributed by atoms with van der Waals surface area (Å²) in [6.45, 7) is 3.17. The van der Waals surface area contributed by atoms with Gasteiger partial charge in [-0.15, -0.1) is 0 Å². The first kappa shape index (κ1) is 24.8. The van der Waals surface area contributed by atoms with E-state index < -0.39 is 0 Å². The monoisotopic (exact) mass is 502 g/mol. The van der Waals surface area contributed by atoms with Crippen LogP contribution in [0.25, 0.3) is 0 Å². The van der Waals surface area contributed by atoms with Crippen LogP contribution in [0.4, 0.5) is 5.82 Å². The molecule has 2 aliphatic rings. The van der Waals surface area contributed by atoms with Crippen LogP contribution in [0, 0.1) is 5.92 Å². The summed E-state index contributed by atoms with van der Waals surface area (Å²) in [5.74, 6) is 1.80. The number of rotatable bonds is 9. The molecule has 38 heavy (non-hydrogen) atoms. The van der Waals surface area contributed by atoms with Crippen LogP contribution in [0.3, 0.4) is 0 Å². The molecular weight excluding hydrogens is 464 g/mol. The number of fused-ring (bicyclic) bond motifs is 1. The van der Waals surface area contributed by atoms with Crippen molar-refractivity contribution in [2.24, 2.45) is 16.6 Å². The normalized spacial score (nSPS) is 18.8. The Morgan fingerprint density at radius 3 is 2.26 bits per heavy atom. The van der Waals surface area contributed by atoms with Gasteiger partial charge in [-0.2, -0.15) is 5.10 Å². The second-order valence-electron chi connectivity index (χ2n) is 11.4. The van der Waals surface area contributed by atoms with E-state index >= 15 is 0 Å². The Morgan fingerprint density at radius 1 is 0.895 bits per heavy atom. The molecule has 1 fully saturated rings. The van der Waals surface area contributed by atoms with E-state index in [9.17, 15) is 0 Å². The van der Waals surface area contributed by atoms with E-state index in [-0.39, 0.29) is 11.5 Å². The Morgan fingerprint density at radius 2 is 1.58 bits per heavy atom. The molecule has 2 heterocycles. The fraction of sp³-hybridized carbons (Fsp3) is 0.353. The van der Waals surface area contributed by atoms with Crippen LogP contribution in [-0.4, -0.2) is 15.5 Å². The molecule has 0 amide bonds. The molecule has 3 aromatic carbocycles. The van der Waals surface area contributed by atoms with Gasteiger partial charge >= 0.3 is 0 Å². The van der Waals surface area contributed by atoms with Gasteiger partial charge in [0, 0.05) is 17.5 Å². The maximum Gasteiger partial charge on any atom is 0.151 e. The topological polar surface area (TPSA) is 56.2 Å². The lowest BCUT2D eigenvalue weighted by Gasteiger charge is -2.38. The molecule has 0 bridgehead atoms. The Kier molecular flexibility index (Phi) is 6.99. The maximum absolute atomic E-state index is 6.59. The van der Waals surface area contributed by atoms with Crippen molar-refractivity contribution in [2.45, 2.75) is 69.9 Å². The van der Waals surface area contributed by atoms with Gasteiger partial charge in [0.25, 0.3) is 0 Å². The molecule has 0 spiro atoms. The minimum absolute atomic E-state index is 0.141. The van der Waals surface area contributed by atoms with Crippen LogP contribution in [0.15, 0.2) is 96.0 Å². The number of benzene rings is 3. The molecule has 1 aromatic heterocycles. The molecule has 2 N–H and O–H groups in total. The molecular formula is C34H38N4. The average molecular weight is 503 g/mol. The molecule has 4 nitrogen and oxygen atoms in total. The lowest BCUT2D eigenvalue weighted by molar-refractivity contribution is 0.253. The summed E-state index contributed by atoms with van der Waals surface area (Å²) in [4.78, 5) is 5.21. The van der Waals surface area contributed by atoms with Gasteiger partial charge in [-0.1, -0.05) is 91.9 Å². The van der Waals surface area contributed by atoms with Crippen LogP contribution < -0.4 is 5.73 Å². The summed E-state index contributed by atoms with van der Waals surface area (Å²) in [5, 5.41) is 5.00. The lowest BCUT2D eigenvalue weighted by Crippen LogP contribution is -2.43. The van der Waals surface area contributed by atoms with Gasteiger partial charge in [0.2, 0.25) is 0 Å². The molecule has 2 atom stereocenters. The summed E-state index contributed by atoms with van der Waals surface area (Å²) in [5.41, 5.74) is 13.8. The number of hydrogen-bond acceptors (Lipinski definition) is 3. The average Bonchev–Trinajstić information content (AvgIpc) is 3.36. The fourth-order valence-electron chi connectivity index (χ4n) is 5.90. The molecule has 6 rings (SSSR count). The number of nitrogens with two attached hydrogens (primary N) is 1. The zero-order valence-corrected chi connectivity index (χ0v) is 22.4. The van der Waals surface area contributed by atoms with Crippen LogP contribution in [-0.2, 0) is 24.9 Å². The summed E-state index contributed by atoms with van der Waals surface area (Å²) in [6.07, 6.45) is 7.85. The van der Waals surface area contributed by atoms with E-state index in [1.165, 1.54) is 35.1 Å². The van der Waals surface area contributed by atoms with Crippen molar-refractivity contribution < 1.29 is 0 Å². The second kappa shape index (κ2) is 10.7. The standard InChI is InChI=1S/C34H38N4/c1-25(13-15-26-9-4-2-5-10-26)14-20-30-23-32-36-33(28-16-18-29(19-17-28)34(35)21-8-22-34)31(24-38(32)37-30)27-11-6-3-7-12-27/h2-7,9-12,16-19,23,25,31H,8,13-15,20-22,24,35H2,1H3. The number of aryl methyl sites for hydroxylation is 2. The first-order valence-electron chi connectivity index (χ1n) is 14.2. The first-order chi connectivity index (χ1) is 18.6. The fourth-order valence-corrected chi connectivity index (χ4v) is 5.90. The minimum atomic E-state index is -0.141. The SMILES string of the molecule is CC(CCc1ccccc1)CCc1cc2n(n1)CC(c1ccccc1)C(c1ccc(C3(N)CCC3)cc1)=N2. The highest BCUT2D eigenvalue weighted by Gasteiger charge is 2.34. The van der Waals surface area contributed by atoms with Gasteiger partial charge in [0.05, 0.1) is 18.0 Å². The van der Waals surface area contributed by atoms with Crippen LogP contribution in [0.1, 0.15) is 72.9 Å². The van der Waals surface area contributed by atoms with Crippen LogP contribution >= 0.6 is 0 Å². The third kappa shape index (κ3) is 5.23. The molecule has 0 saturated heterocycles. The summed E-state index contributed by atoms with van der Waals surface area (Å²) < 4.78 is 2.11. The highest BCUT2D eigenvalue weighted by Crippen LogP contribution is 2.39. The Labute approximate surface area is 226 Å². The molecule has 4 aromatic rings. The van der Waals surface area contributed by atoms with E-state index in [4.69, 9.17) is 15.8 Å². The molecule has 0 radical (unpaired) electrons. The Balaban J connectivity index is 1.20. The lowest BCUT2D eigenvalue weighted by atomic mass is 9.72. The number of nitrogens with zero attached hydrogens (tertiary/aromatic N) is 3. The van der Waals surface area contributed by atoms with Gasteiger partial charge in [0.15, 0.2) is 5.82 Å². The van der Waals surface area contributed by atoms with Crippen LogP contribution in [0.5, 0.6) is 0 Å². The third-order valence-corrected chi connectivity index (χ3v) is 8.60. The zero-order valence-electron chi connectivity index (χ0n) is 22.4. The van der Waals surface area contributed by atoms with E-state index in [2.05, 4.69) is 103 Å². The Hall–Kier alpha value is -3.50. The smallest absolute Gasteiger partial charge is 0.151 e. The van der Waals surface area contributed by atoms with Crippen molar-refractivity contribution in [3.05, 3.63) is 119 Å². The third-order valence-electron chi connectivity index (χ3n) is 8.60. The van der Waals surface area contributed by atoms with Gasteiger partial charge in [-0.3, -0.25) is 0 Å². The van der Waals surface area contributed by atoms with Gasteiger partial charge in [-0.05, 0) is 73.1 Å². The van der Waals surface area contributed by atoms with Crippen molar-refractivity contribution in [1.82, 2.24) is 9.78 Å². The van der Waals surface area contributed by atoms with E-state index in [0.717, 1.165) is 55.9 Å². The highest BCUT2D eigenvalue weighted by molar-refractivity contribution is 6.07. The van der Waals surface area contributed by atoms with E-state index in [0.29, 0.717) is 5.92 Å². The molecule has 1 aliphatic heterocycles. The quantitative estimate of drug-likeness (QED) is 0.260. The minimum Gasteiger partial charge on any atom is -0.321 e. The molecule has 194 valence electrons. The van der Waals surface area contributed by atoms with Crippen molar-refractivity contribution >= 4 is 11.5 Å². The summed E-state index contributed by atoms with van der Waals surface area (Å²) in [7, 11) is 0. The number of aliphatic imine (C=N–C) groups is 1. The molecule has 4 heteroatoms. The van der Waals surface area contributed by atoms with Crippen molar-refractivity contribution in [3.8, 4) is 0 Å². The van der Waals surface area contributed by atoms with E-state index in [1.807, 2.05) is 0 Å². The van der Waals surface area contributed by atoms with Crippen LogP contribution in [0.2, 0.25) is 0 Å². The summed E-state index contributed by atoms with van der Waals surface area (Å²) >= 11 is 0. The molecule has 2 unspecified atom stereocenters. The number of aromatic nitrogens is 2. The van der Waals surface area contributed by atoms with Gasteiger partial charge < -0.3 is 5.73 Å². The molecule has 1 aliphatic carbocycles. The first-order valence-corrected chi connectivity index (χ1v) is 14.2. The Bertz CT molecular complexity index is 1380. The highest BCUT2D eigenvalue weighted by atomic mass is 15.3. The van der Waals surface area contributed by atoms with Crippen molar-refractivity contribution in [2.75, 3.05) is 0 Å². The van der Waals surface area contributed by atoms with Gasteiger partial charge in [-0.25, -0.2) is 9.67 Å². The van der Waals surface area contributed by atoms with Crippen molar-refractivity contribution in [3.63, 3.8) is 0 Å². The number of hydrogen-bond donors (Lipinski definition) is 1. The van der Waals surface area contributed by atoms with Crippen molar-refractivity contribution in [1.29, 1.82) is 0 Å².